The van der Waals surface area contributed by atoms with E-state index < -0.39 is 5.60 Å². The van der Waals surface area contributed by atoms with Crippen LogP contribution in [-0.2, 0) is 9.53 Å². The molecule has 136 valence electrons. The molecular weight excluding hydrogens is 304 g/mol. The van der Waals surface area contributed by atoms with E-state index in [1.807, 2.05) is 6.92 Å². The lowest BCUT2D eigenvalue weighted by molar-refractivity contribution is -0.139. The van der Waals surface area contributed by atoms with Gasteiger partial charge in [-0.25, -0.2) is 0 Å². The van der Waals surface area contributed by atoms with Gasteiger partial charge >= 0.3 is 0 Å². The van der Waals surface area contributed by atoms with Crippen molar-refractivity contribution in [1.29, 1.82) is 0 Å². The number of nitrogens with zero attached hydrogens (tertiary/aromatic N) is 1. The highest BCUT2D eigenvalue weighted by Gasteiger charge is 2.50. The third-order valence-corrected chi connectivity index (χ3v) is 6.84. The van der Waals surface area contributed by atoms with Crippen molar-refractivity contribution in [2.75, 3.05) is 39.4 Å². The molecule has 1 amide bonds. The van der Waals surface area contributed by atoms with E-state index in [0.717, 1.165) is 38.1 Å². The Kier molecular flexibility index (Phi) is 4.61. The summed E-state index contributed by atoms with van der Waals surface area (Å²) in [6.07, 6.45) is 6.45. The molecule has 1 saturated heterocycles. The zero-order valence-corrected chi connectivity index (χ0v) is 14.9. The smallest absolute Gasteiger partial charge is 0.223 e. The molecule has 0 aromatic rings. The number of hydrogen-bond acceptors (Lipinski definition) is 4. The minimum absolute atomic E-state index is 0.200. The average molecular weight is 336 g/mol. The van der Waals surface area contributed by atoms with Crippen molar-refractivity contribution in [2.24, 2.45) is 29.6 Å². The molecule has 5 rings (SSSR count). The van der Waals surface area contributed by atoms with Gasteiger partial charge in [-0.2, -0.15) is 0 Å². The van der Waals surface area contributed by atoms with Crippen LogP contribution in [0.4, 0.5) is 0 Å². The summed E-state index contributed by atoms with van der Waals surface area (Å²) in [5.41, 5.74) is -0.876. The van der Waals surface area contributed by atoms with Crippen LogP contribution in [0.25, 0.3) is 0 Å². The molecule has 5 aliphatic rings. The standard InChI is InChI=1S/C19H32N2O3/c1-19(23,12-21-2-4-24-5-3-21)11-20-18(22)17-15-7-13-6-14(9-15)10-16(17)8-13/h13-17,23H,2-12H2,1H3,(H,20,22). The molecule has 5 heteroatoms. The Morgan fingerprint density at radius 1 is 1.12 bits per heavy atom. The fourth-order valence-electron chi connectivity index (χ4n) is 6.05. The fourth-order valence-corrected chi connectivity index (χ4v) is 6.05. The van der Waals surface area contributed by atoms with Crippen LogP contribution in [0.15, 0.2) is 0 Å². The first-order chi connectivity index (χ1) is 11.5. The normalized spacial score (nSPS) is 41.2. The summed E-state index contributed by atoms with van der Waals surface area (Å²) in [7, 11) is 0. The highest BCUT2D eigenvalue weighted by atomic mass is 16.5. The molecule has 24 heavy (non-hydrogen) atoms. The zero-order valence-electron chi connectivity index (χ0n) is 14.9. The van der Waals surface area contributed by atoms with Crippen molar-refractivity contribution in [3.05, 3.63) is 0 Å². The first-order valence-corrected chi connectivity index (χ1v) is 9.80. The highest BCUT2D eigenvalue weighted by Crippen LogP contribution is 2.56. The summed E-state index contributed by atoms with van der Waals surface area (Å²) < 4.78 is 5.35. The summed E-state index contributed by atoms with van der Waals surface area (Å²) in [5, 5.41) is 13.8. The van der Waals surface area contributed by atoms with Gasteiger partial charge in [0, 0.05) is 32.1 Å². The van der Waals surface area contributed by atoms with Gasteiger partial charge in [-0.3, -0.25) is 9.69 Å². The highest BCUT2D eigenvalue weighted by molar-refractivity contribution is 5.79. The summed E-state index contributed by atoms with van der Waals surface area (Å²) in [4.78, 5) is 15.0. The van der Waals surface area contributed by atoms with E-state index in [-0.39, 0.29) is 11.8 Å². The lowest BCUT2D eigenvalue weighted by Crippen LogP contribution is -2.55. The number of nitrogens with one attached hydrogen (secondary N) is 1. The fraction of sp³-hybridized carbons (Fsp3) is 0.947. The maximum Gasteiger partial charge on any atom is 0.223 e. The van der Waals surface area contributed by atoms with Gasteiger partial charge in [0.05, 0.1) is 18.8 Å². The number of β-amino-alcohol motifs (C(OH)–C–C–N with tert-alkyl or cyclic N) is 1. The van der Waals surface area contributed by atoms with Gasteiger partial charge < -0.3 is 15.2 Å². The summed E-state index contributed by atoms with van der Waals surface area (Å²) in [6, 6.07) is 0. The van der Waals surface area contributed by atoms with Crippen LogP contribution in [-0.4, -0.2) is 60.9 Å². The number of carbonyl (C=O) groups excluding carboxylic acids is 1. The molecule has 1 unspecified atom stereocenters. The number of hydrogen-bond donors (Lipinski definition) is 2. The van der Waals surface area contributed by atoms with Crippen LogP contribution >= 0.6 is 0 Å². The van der Waals surface area contributed by atoms with Crippen LogP contribution in [0.2, 0.25) is 0 Å². The quantitative estimate of drug-likeness (QED) is 0.793. The molecule has 1 heterocycles. The lowest BCUT2D eigenvalue weighted by atomic mass is 9.51. The predicted octanol–water partition coefficient (Wildman–Crippen LogP) is 1.26. The summed E-state index contributed by atoms with van der Waals surface area (Å²) in [5.74, 6) is 3.39. The van der Waals surface area contributed by atoms with Gasteiger partial charge in [-0.05, 0) is 62.7 Å². The van der Waals surface area contributed by atoms with Crippen LogP contribution in [0.3, 0.4) is 0 Å². The second-order valence-corrected chi connectivity index (χ2v) is 9.06. The van der Waals surface area contributed by atoms with Crippen molar-refractivity contribution in [3.63, 3.8) is 0 Å². The predicted molar refractivity (Wildman–Crippen MR) is 91.4 cm³/mol. The minimum atomic E-state index is -0.876. The minimum Gasteiger partial charge on any atom is -0.387 e. The lowest BCUT2D eigenvalue weighted by Gasteiger charge is -2.53. The first kappa shape index (κ1) is 16.8. The van der Waals surface area contributed by atoms with Crippen LogP contribution in [0, 0.1) is 29.6 Å². The molecule has 1 atom stereocenters. The Hall–Kier alpha value is -0.650. The maximum atomic E-state index is 12.8. The molecule has 0 aromatic heterocycles. The monoisotopic (exact) mass is 336 g/mol. The number of amides is 1. The van der Waals surface area contributed by atoms with Crippen molar-refractivity contribution in [3.8, 4) is 0 Å². The summed E-state index contributed by atoms with van der Waals surface area (Å²) in [6.45, 7) is 5.97. The third-order valence-electron chi connectivity index (χ3n) is 6.84. The molecule has 4 saturated carbocycles. The van der Waals surface area contributed by atoms with Crippen LogP contribution in [0.1, 0.15) is 39.0 Å². The molecule has 0 spiro atoms. The first-order valence-electron chi connectivity index (χ1n) is 9.80. The second-order valence-electron chi connectivity index (χ2n) is 9.06. The van der Waals surface area contributed by atoms with E-state index in [0.29, 0.717) is 24.9 Å². The third kappa shape index (κ3) is 3.49. The van der Waals surface area contributed by atoms with Gasteiger partial charge in [-0.15, -0.1) is 0 Å². The number of aliphatic hydroxyl groups is 1. The maximum absolute atomic E-state index is 12.8. The Balaban J connectivity index is 1.29. The average Bonchev–Trinajstić information content (AvgIpc) is 2.52. The molecule has 0 radical (unpaired) electrons. The van der Waals surface area contributed by atoms with Gasteiger partial charge in [0.1, 0.15) is 0 Å². The largest absolute Gasteiger partial charge is 0.387 e. The Morgan fingerprint density at radius 2 is 1.71 bits per heavy atom. The van der Waals surface area contributed by atoms with E-state index in [2.05, 4.69) is 10.2 Å². The number of carbonyl (C=O) groups is 1. The molecule has 0 aromatic carbocycles. The summed E-state index contributed by atoms with van der Waals surface area (Å²) >= 11 is 0. The molecule has 5 nitrogen and oxygen atoms in total. The van der Waals surface area contributed by atoms with E-state index >= 15 is 0 Å². The molecule has 1 aliphatic heterocycles. The molecule has 4 aliphatic carbocycles. The second kappa shape index (κ2) is 6.58. The van der Waals surface area contributed by atoms with Crippen molar-refractivity contribution < 1.29 is 14.6 Å². The molecular formula is C19H32N2O3. The Morgan fingerprint density at radius 3 is 2.29 bits per heavy atom. The van der Waals surface area contributed by atoms with Crippen molar-refractivity contribution in [1.82, 2.24) is 10.2 Å². The molecule has 5 fully saturated rings. The molecule has 4 bridgehead atoms. The Bertz CT molecular complexity index is 445. The van der Waals surface area contributed by atoms with Crippen molar-refractivity contribution >= 4 is 5.91 Å². The Labute approximate surface area is 145 Å². The molecule has 2 N–H and O–H groups in total. The SMILES string of the molecule is CC(O)(CNC(=O)C1C2CC3CC(C2)CC1C3)CN1CCOCC1. The van der Waals surface area contributed by atoms with Gasteiger partial charge in [0.25, 0.3) is 0 Å². The van der Waals surface area contributed by atoms with Crippen LogP contribution in [0.5, 0.6) is 0 Å². The number of rotatable bonds is 5. The van der Waals surface area contributed by atoms with Crippen molar-refractivity contribution in [2.45, 2.75) is 44.6 Å². The van der Waals surface area contributed by atoms with Gasteiger partial charge in [-0.1, -0.05) is 0 Å². The number of ether oxygens (including phenoxy) is 1. The zero-order chi connectivity index (χ0) is 16.7. The van der Waals surface area contributed by atoms with E-state index in [1.54, 1.807) is 0 Å². The van der Waals surface area contributed by atoms with E-state index in [9.17, 15) is 9.90 Å². The van der Waals surface area contributed by atoms with E-state index in [1.165, 1.54) is 32.1 Å². The topological polar surface area (TPSA) is 61.8 Å². The number of morpholine rings is 1. The van der Waals surface area contributed by atoms with E-state index in [4.69, 9.17) is 4.74 Å². The van der Waals surface area contributed by atoms with Crippen LogP contribution < -0.4 is 5.32 Å². The van der Waals surface area contributed by atoms with Gasteiger partial charge in [0.15, 0.2) is 0 Å². The van der Waals surface area contributed by atoms with Gasteiger partial charge in [0.2, 0.25) is 5.91 Å².